The quantitative estimate of drug-likeness (QED) is 0.772. The van der Waals surface area contributed by atoms with E-state index in [0.717, 1.165) is 0 Å². The first-order chi connectivity index (χ1) is 12.2. The van der Waals surface area contributed by atoms with Gasteiger partial charge in [-0.2, -0.15) is 0 Å². The Morgan fingerprint density at radius 2 is 1.92 bits per heavy atom. The minimum Gasteiger partial charge on any atom is -0.465 e. The van der Waals surface area contributed by atoms with Crippen LogP contribution < -0.4 is 5.32 Å². The predicted molar refractivity (Wildman–Crippen MR) is 94.4 cm³/mol. The number of aryl methyl sites for hydroxylation is 1. The van der Waals surface area contributed by atoms with E-state index in [4.69, 9.17) is 21.1 Å². The minimum atomic E-state index is -1.08. The lowest BCUT2D eigenvalue weighted by Crippen LogP contribution is -2.30. The molecule has 0 saturated heterocycles. The minimum absolute atomic E-state index is 0.0900. The lowest BCUT2D eigenvalue weighted by molar-refractivity contribution is -0.123. The molecule has 9 heteroatoms. The van der Waals surface area contributed by atoms with Gasteiger partial charge in [-0.15, -0.1) is 0 Å². The standard InChI is InChI=1S/C17H18ClN3O5/c1-8-13(16(23)25-4)9(2)20-14(8)17(24)26-10(3)15(22)21-12-6-5-11(18)7-19-12/h5-7,10,20H,1-4H3,(H,19,21,22)/t10-/m0/s1. The van der Waals surface area contributed by atoms with E-state index >= 15 is 0 Å². The molecule has 1 amide bonds. The number of carbonyl (C=O) groups excluding carboxylic acids is 3. The van der Waals surface area contributed by atoms with Crippen molar-refractivity contribution in [3.05, 3.63) is 45.9 Å². The second-order valence-corrected chi connectivity index (χ2v) is 5.95. The van der Waals surface area contributed by atoms with E-state index in [2.05, 4.69) is 15.3 Å². The smallest absolute Gasteiger partial charge is 0.355 e. The van der Waals surface area contributed by atoms with Gasteiger partial charge in [0.15, 0.2) is 6.10 Å². The molecule has 0 aliphatic carbocycles. The molecule has 0 bridgehead atoms. The molecule has 0 unspecified atom stereocenters. The second kappa shape index (κ2) is 8.01. The fourth-order valence-electron chi connectivity index (χ4n) is 2.31. The summed E-state index contributed by atoms with van der Waals surface area (Å²) in [6.45, 7) is 4.66. The number of pyridine rings is 1. The first-order valence-electron chi connectivity index (χ1n) is 7.65. The molecule has 138 valence electrons. The van der Waals surface area contributed by atoms with Crippen molar-refractivity contribution in [3.8, 4) is 0 Å². The Labute approximate surface area is 154 Å². The number of hydrogen-bond donors (Lipinski definition) is 2. The molecule has 1 atom stereocenters. The number of carbonyl (C=O) groups is 3. The third kappa shape index (κ3) is 4.20. The highest BCUT2D eigenvalue weighted by molar-refractivity contribution is 6.30. The number of halogens is 1. The lowest BCUT2D eigenvalue weighted by Gasteiger charge is -2.13. The molecule has 0 fully saturated rings. The van der Waals surface area contributed by atoms with Gasteiger partial charge in [0.1, 0.15) is 11.5 Å². The van der Waals surface area contributed by atoms with Gasteiger partial charge in [0, 0.05) is 11.9 Å². The van der Waals surface area contributed by atoms with E-state index < -0.39 is 23.9 Å². The van der Waals surface area contributed by atoms with Crippen molar-refractivity contribution in [3.63, 3.8) is 0 Å². The Hall–Kier alpha value is -2.87. The fourth-order valence-corrected chi connectivity index (χ4v) is 2.42. The predicted octanol–water partition coefficient (Wildman–Crippen LogP) is 2.65. The summed E-state index contributed by atoms with van der Waals surface area (Å²) in [6, 6.07) is 3.09. The van der Waals surface area contributed by atoms with Gasteiger partial charge in [0.05, 0.1) is 17.7 Å². The van der Waals surface area contributed by atoms with Crippen LogP contribution in [0.2, 0.25) is 5.02 Å². The molecule has 2 aromatic heterocycles. The van der Waals surface area contributed by atoms with E-state index in [1.165, 1.54) is 26.3 Å². The van der Waals surface area contributed by atoms with Crippen LogP contribution in [0, 0.1) is 13.8 Å². The number of amides is 1. The molecule has 0 spiro atoms. The molecule has 2 N–H and O–H groups in total. The highest BCUT2D eigenvalue weighted by Crippen LogP contribution is 2.20. The van der Waals surface area contributed by atoms with Gasteiger partial charge in [-0.3, -0.25) is 4.79 Å². The van der Waals surface area contributed by atoms with Crippen LogP contribution in [0.3, 0.4) is 0 Å². The van der Waals surface area contributed by atoms with Gasteiger partial charge in [0.2, 0.25) is 0 Å². The zero-order valence-electron chi connectivity index (χ0n) is 14.7. The number of ether oxygens (including phenoxy) is 2. The Kier molecular flexibility index (Phi) is 5.99. The number of rotatable bonds is 5. The molecule has 2 heterocycles. The van der Waals surface area contributed by atoms with Crippen LogP contribution in [0.1, 0.15) is 39.0 Å². The monoisotopic (exact) mass is 379 g/mol. The Morgan fingerprint density at radius 3 is 2.50 bits per heavy atom. The van der Waals surface area contributed by atoms with Crippen molar-refractivity contribution in [1.29, 1.82) is 0 Å². The molecule has 0 saturated carbocycles. The zero-order chi connectivity index (χ0) is 19.4. The number of aromatic nitrogens is 2. The number of esters is 2. The highest BCUT2D eigenvalue weighted by atomic mass is 35.5. The van der Waals surface area contributed by atoms with Gasteiger partial charge in [0.25, 0.3) is 5.91 Å². The Morgan fingerprint density at radius 1 is 1.23 bits per heavy atom. The molecule has 8 nitrogen and oxygen atoms in total. The van der Waals surface area contributed by atoms with Crippen LogP contribution in [0.15, 0.2) is 18.3 Å². The summed E-state index contributed by atoms with van der Waals surface area (Å²) in [4.78, 5) is 43.0. The summed E-state index contributed by atoms with van der Waals surface area (Å²) in [5, 5.41) is 2.95. The van der Waals surface area contributed by atoms with Gasteiger partial charge in [-0.1, -0.05) is 11.6 Å². The number of hydrogen-bond acceptors (Lipinski definition) is 6. The first kappa shape index (κ1) is 19.5. The lowest BCUT2D eigenvalue weighted by atomic mass is 10.1. The summed E-state index contributed by atoms with van der Waals surface area (Å²) in [6.07, 6.45) is 0.303. The molecule has 0 radical (unpaired) electrons. The largest absolute Gasteiger partial charge is 0.465 e. The van der Waals surface area contributed by atoms with Crippen molar-refractivity contribution in [2.75, 3.05) is 12.4 Å². The highest BCUT2D eigenvalue weighted by Gasteiger charge is 2.26. The molecule has 0 aliphatic heterocycles. The number of anilines is 1. The van der Waals surface area contributed by atoms with Gasteiger partial charge in [-0.25, -0.2) is 14.6 Å². The van der Waals surface area contributed by atoms with Crippen molar-refractivity contribution < 1.29 is 23.9 Å². The molecular formula is C17H18ClN3O5. The molecule has 26 heavy (non-hydrogen) atoms. The third-order valence-electron chi connectivity index (χ3n) is 3.66. The molecule has 0 aromatic carbocycles. The number of aromatic amines is 1. The molecule has 2 aromatic rings. The maximum Gasteiger partial charge on any atom is 0.355 e. The number of nitrogens with one attached hydrogen (secondary N) is 2. The van der Waals surface area contributed by atoms with Gasteiger partial charge < -0.3 is 19.8 Å². The molecule has 0 aliphatic rings. The van der Waals surface area contributed by atoms with E-state index in [9.17, 15) is 14.4 Å². The zero-order valence-corrected chi connectivity index (χ0v) is 15.4. The van der Waals surface area contributed by atoms with Crippen molar-refractivity contribution in [2.24, 2.45) is 0 Å². The normalized spacial score (nSPS) is 11.6. The van der Waals surface area contributed by atoms with Crippen LogP contribution in [0.5, 0.6) is 0 Å². The van der Waals surface area contributed by atoms with Crippen LogP contribution in [-0.4, -0.2) is 41.0 Å². The average Bonchev–Trinajstić information content (AvgIpc) is 2.90. The third-order valence-corrected chi connectivity index (χ3v) is 3.89. The summed E-state index contributed by atoms with van der Waals surface area (Å²) in [7, 11) is 1.25. The van der Waals surface area contributed by atoms with E-state index in [1.807, 2.05) is 0 Å². The van der Waals surface area contributed by atoms with E-state index in [1.54, 1.807) is 19.9 Å². The van der Waals surface area contributed by atoms with Crippen LogP contribution in [-0.2, 0) is 14.3 Å². The van der Waals surface area contributed by atoms with Crippen molar-refractivity contribution in [1.82, 2.24) is 9.97 Å². The number of nitrogens with zero attached hydrogens (tertiary/aromatic N) is 1. The van der Waals surface area contributed by atoms with Gasteiger partial charge >= 0.3 is 11.9 Å². The van der Waals surface area contributed by atoms with Crippen LogP contribution in [0.4, 0.5) is 5.82 Å². The summed E-state index contributed by atoms with van der Waals surface area (Å²) >= 11 is 5.73. The number of H-pyrrole nitrogens is 1. The van der Waals surface area contributed by atoms with Crippen LogP contribution in [0.25, 0.3) is 0 Å². The van der Waals surface area contributed by atoms with Crippen molar-refractivity contribution >= 4 is 35.3 Å². The molecule has 2 rings (SSSR count). The Bertz CT molecular complexity index is 845. The summed E-state index contributed by atoms with van der Waals surface area (Å²) in [5.74, 6) is -1.59. The van der Waals surface area contributed by atoms with Crippen LogP contribution >= 0.6 is 11.6 Å². The Balaban J connectivity index is 2.08. The average molecular weight is 380 g/mol. The summed E-state index contributed by atoms with van der Waals surface area (Å²) < 4.78 is 9.86. The SMILES string of the molecule is COC(=O)c1c(C)[nH]c(C(=O)O[C@@H](C)C(=O)Nc2ccc(Cl)cn2)c1C. The fraction of sp³-hybridized carbons (Fsp3) is 0.294. The van der Waals surface area contributed by atoms with Gasteiger partial charge in [-0.05, 0) is 38.5 Å². The first-order valence-corrected chi connectivity index (χ1v) is 8.03. The van der Waals surface area contributed by atoms with Crippen molar-refractivity contribution in [2.45, 2.75) is 26.9 Å². The topological polar surface area (TPSA) is 110 Å². The van der Waals surface area contributed by atoms with E-state index in [0.29, 0.717) is 16.3 Å². The number of methoxy groups -OCH3 is 1. The molecular weight excluding hydrogens is 362 g/mol. The maximum absolute atomic E-state index is 12.3. The maximum atomic E-state index is 12.3. The van der Waals surface area contributed by atoms with E-state index in [-0.39, 0.29) is 17.1 Å². The second-order valence-electron chi connectivity index (χ2n) is 5.52. The summed E-state index contributed by atoms with van der Waals surface area (Å²) in [5.41, 5.74) is 1.23.